The van der Waals surface area contributed by atoms with Crippen molar-refractivity contribution >= 4 is 71.4 Å². The first-order chi connectivity index (χ1) is 42.2. The minimum absolute atomic E-state index is 0.00324. The van der Waals surface area contributed by atoms with Crippen LogP contribution in [0.2, 0.25) is 0 Å². The van der Waals surface area contributed by atoms with Crippen molar-refractivity contribution in [1.29, 1.82) is 0 Å². The molecule has 15 N–H and O–H groups in total. The quantitative estimate of drug-likeness (QED) is 0.0269. The zero-order valence-corrected chi connectivity index (χ0v) is 48.1. The number of nitrogens with one attached hydrogen (secondary N) is 6. The maximum atomic E-state index is 13.3. The molecule has 30 heteroatoms. The molecule has 0 aromatic heterocycles. The zero-order valence-electron chi connectivity index (χ0n) is 48.1. The van der Waals surface area contributed by atoms with Crippen LogP contribution in [0.1, 0.15) is 71.9 Å². The van der Waals surface area contributed by atoms with E-state index in [1.807, 2.05) is 5.32 Å². The van der Waals surface area contributed by atoms with Gasteiger partial charge in [0.25, 0.3) is 5.91 Å². The Bertz CT molecular complexity index is 3130. The van der Waals surface area contributed by atoms with Crippen LogP contribution in [0.3, 0.4) is 0 Å². The number of phenols is 2. The summed E-state index contributed by atoms with van der Waals surface area (Å²) in [4.78, 5) is 148. The number of carboxylic acids is 7. The number of phenolic OH excluding ortho intramolecular Hbond substituents is 2. The molecule has 0 saturated carbocycles. The minimum atomic E-state index is -1.81. The number of hydrogen-bond acceptors (Lipinski definition) is 17. The minimum Gasteiger partial charge on any atom is -0.508 e. The van der Waals surface area contributed by atoms with Gasteiger partial charge in [-0.25, -0.2) is 19.2 Å². The summed E-state index contributed by atoms with van der Waals surface area (Å²) in [6.07, 6.45) is -0.877. The van der Waals surface area contributed by atoms with E-state index in [9.17, 15) is 88.2 Å². The third-order valence-electron chi connectivity index (χ3n) is 13.3. The van der Waals surface area contributed by atoms with Crippen LogP contribution in [0.4, 0.5) is 4.79 Å². The van der Waals surface area contributed by atoms with Crippen LogP contribution in [-0.2, 0) is 91.5 Å². The van der Waals surface area contributed by atoms with Crippen molar-refractivity contribution in [1.82, 2.24) is 41.7 Å². The van der Waals surface area contributed by atoms with Crippen LogP contribution in [0.25, 0.3) is 0 Å². The van der Waals surface area contributed by atoms with E-state index in [0.717, 1.165) is 0 Å². The third kappa shape index (κ3) is 27.7. The SMILES string of the molecule is O=C(O)CCc1ccc(O)c(CN(CCN(CC(=O)O)Cc2cc(CCC(=O)NCC(=O)N[C@@H](Cc3ccc(OCC(=O)N[C@@H](Cc4ccccc4)C(=O)NCCCC[C@H](NC(=O)N[C@@H](CC(=O)O)C(=O)O)C(=O)O)cc3)C(=O)O)ccc2O)CC(=O)O)c1. The largest absolute Gasteiger partial charge is 0.508 e. The van der Waals surface area contributed by atoms with Crippen molar-refractivity contribution < 1.29 is 108 Å². The van der Waals surface area contributed by atoms with Crippen LogP contribution in [0.5, 0.6) is 17.2 Å². The Morgan fingerprint density at radius 1 is 0.472 bits per heavy atom. The highest BCUT2D eigenvalue weighted by molar-refractivity contribution is 5.90. The van der Waals surface area contributed by atoms with Gasteiger partial charge in [0, 0.05) is 69.5 Å². The molecule has 0 unspecified atom stereocenters. The van der Waals surface area contributed by atoms with Crippen LogP contribution in [0.15, 0.2) is 91.0 Å². The number of aromatic hydroxyl groups is 2. The van der Waals surface area contributed by atoms with Crippen molar-refractivity contribution in [3.05, 3.63) is 124 Å². The average molecular weight is 1250 g/mol. The van der Waals surface area contributed by atoms with Crippen molar-refractivity contribution in [3.8, 4) is 17.2 Å². The number of amides is 6. The second-order valence-electron chi connectivity index (χ2n) is 20.5. The van der Waals surface area contributed by atoms with Gasteiger partial charge in [0.05, 0.1) is 26.1 Å². The number of rotatable bonds is 41. The van der Waals surface area contributed by atoms with E-state index < -0.39 is 128 Å². The molecule has 89 heavy (non-hydrogen) atoms. The number of urea groups is 1. The summed E-state index contributed by atoms with van der Waals surface area (Å²) < 4.78 is 5.63. The summed E-state index contributed by atoms with van der Waals surface area (Å²) in [7, 11) is 0. The maximum Gasteiger partial charge on any atom is 0.326 e. The normalized spacial score (nSPS) is 12.3. The van der Waals surface area contributed by atoms with Crippen LogP contribution < -0.4 is 36.6 Å². The van der Waals surface area contributed by atoms with Gasteiger partial charge < -0.3 is 82.6 Å². The van der Waals surface area contributed by atoms with Gasteiger partial charge in [-0.2, -0.15) is 0 Å². The van der Waals surface area contributed by atoms with Gasteiger partial charge in [-0.1, -0.05) is 66.7 Å². The lowest BCUT2D eigenvalue weighted by atomic mass is 10.0. The predicted molar refractivity (Wildman–Crippen MR) is 310 cm³/mol. The van der Waals surface area contributed by atoms with Crippen LogP contribution >= 0.6 is 0 Å². The number of unbranched alkanes of at least 4 members (excludes halogenated alkanes) is 1. The van der Waals surface area contributed by atoms with Crippen molar-refractivity contribution in [2.45, 2.75) is 101 Å². The van der Waals surface area contributed by atoms with Gasteiger partial charge in [0.15, 0.2) is 6.61 Å². The van der Waals surface area contributed by atoms with E-state index in [0.29, 0.717) is 33.4 Å². The van der Waals surface area contributed by atoms with E-state index in [2.05, 4.69) is 26.6 Å². The molecule has 4 rings (SSSR count). The Hall–Kier alpha value is -10.4. The molecular formula is C59H72N8O22. The molecule has 6 amide bonds. The topological polar surface area (TPSA) is 475 Å². The Kier molecular flexibility index (Phi) is 29.2. The number of ether oxygens (including phenoxy) is 1. The molecule has 4 aromatic carbocycles. The first-order valence-electron chi connectivity index (χ1n) is 27.8. The number of carbonyl (C=O) groups is 12. The van der Waals surface area contributed by atoms with Crippen LogP contribution in [-0.4, -0.2) is 197 Å². The molecule has 0 saturated heterocycles. The molecule has 0 bridgehead atoms. The monoisotopic (exact) mass is 1240 g/mol. The summed E-state index contributed by atoms with van der Waals surface area (Å²) in [5, 5.41) is 101. The number of aryl methyl sites for hydroxylation is 2. The fraction of sp³-hybridized carbons (Fsp3) is 0.390. The molecule has 0 spiro atoms. The van der Waals surface area contributed by atoms with E-state index in [1.165, 1.54) is 52.3 Å². The molecular weight excluding hydrogens is 1170 g/mol. The number of carboxylic acid groups (broad SMARTS) is 7. The van der Waals surface area contributed by atoms with Crippen molar-refractivity contribution in [2.75, 3.05) is 45.9 Å². The lowest BCUT2D eigenvalue weighted by molar-refractivity contribution is -0.145. The fourth-order valence-electron chi connectivity index (χ4n) is 8.84. The Morgan fingerprint density at radius 3 is 1.51 bits per heavy atom. The van der Waals surface area contributed by atoms with E-state index >= 15 is 0 Å². The molecule has 0 aliphatic heterocycles. The third-order valence-corrected chi connectivity index (χ3v) is 13.3. The second kappa shape index (κ2) is 36.6. The van der Waals surface area contributed by atoms with Gasteiger partial charge in [-0.05, 0) is 78.6 Å². The lowest BCUT2D eigenvalue weighted by Crippen LogP contribution is -2.51. The van der Waals surface area contributed by atoms with E-state index in [1.54, 1.807) is 48.5 Å². The Labute approximate surface area is 508 Å². The molecule has 0 fully saturated rings. The summed E-state index contributed by atoms with van der Waals surface area (Å²) in [6, 6.07) is 16.6. The first-order valence-corrected chi connectivity index (χ1v) is 27.8. The second-order valence-corrected chi connectivity index (χ2v) is 20.5. The number of benzene rings is 4. The van der Waals surface area contributed by atoms with Crippen molar-refractivity contribution in [2.24, 2.45) is 0 Å². The molecule has 4 atom stereocenters. The summed E-state index contributed by atoms with van der Waals surface area (Å²) in [5.41, 5.74) is 2.93. The predicted octanol–water partition coefficient (Wildman–Crippen LogP) is 0.522. The summed E-state index contributed by atoms with van der Waals surface area (Å²) >= 11 is 0. The summed E-state index contributed by atoms with van der Waals surface area (Å²) in [6.45, 7) is -2.26. The molecule has 30 nitrogen and oxygen atoms in total. The smallest absolute Gasteiger partial charge is 0.326 e. The molecule has 0 heterocycles. The zero-order chi connectivity index (χ0) is 65.6. The Morgan fingerprint density at radius 2 is 0.978 bits per heavy atom. The van der Waals surface area contributed by atoms with E-state index in [-0.39, 0.29) is 108 Å². The lowest BCUT2D eigenvalue weighted by Gasteiger charge is -2.26. The maximum absolute atomic E-state index is 13.3. The number of nitrogens with zero attached hydrogens (tertiary/aromatic N) is 2. The highest BCUT2D eigenvalue weighted by Gasteiger charge is 2.28. The number of hydrogen-bond donors (Lipinski definition) is 15. The molecule has 480 valence electrons. The number of aliphatic carboxylic acids is 7. The highest BCUT2D eigenvalue weighted by atomic mass is 16.5. The van der Waals surface area contributed by atoms with Gasteiger partial charge >= 0.3 is 47.8 Å². The number of carbonyl (C=O) groups excluding carboxylic acids is 5. The van der Waals surface area contributed by atoms with Gasteiger partial charge in [-0.3, -0.25) is 48.2 Å². The highest BCUT2D eigenvalue weighted by Crippen LogP contribution is 2.24. The van der Waals surface area contributed by atoms with Crippen molar-refractivity contribution in [3.63, 3.8) is 0 Å². The standard InChI is InChI=1S/C59H72N8O22/c68-46-17-11-36(24-39(46)30-66(32-53(77)78)22-23-67(33-54(79)80)31-40-25-37(12-18-47(40)69)14-20-51(73)74)13-19-48(70)61-29-49(71)63-44(57(84)85)27-38-9-15-41(16-10-38)89-34-50(72)62-43(26-35-6-2-1-3-7-35)55(81)60-21-5-4-8-42(56(82)83)64-59(88)65-45(58(86)87)28-52(75)76/h1-3,6-7,9-12,15-18,24-25,42-45,68-69H,4-5,8,13-14,19-23,26-34H2,(H,60,81)(H,61,70)(H,62,72)(H,63,71)(H,73,74)(H,75,76)(H,77,78)(H,79,80)(H,82,83)(H,84,85)(H,86,87)(H2,64,65,88)/t42-,43-,44-,45-/m0/s1. The average Bonchev–Trinajstić information content (AvgIpc) is 3.63. The van der Waals surface area contributed by atoms with Gasteiger partial charge in [0.2, 0.25) is 17.7 Å². The van der Waals surface area contributed by atoms with Gasteiger partial charge in [0.1, 0.15) is 41.4 Å². The first kappa shape index (κ1) is 71.1. The molecule has 0 aliphatic carbocycles. The molecule has 0 radical (unpaired) electrons. The Balaban J connectivity index is 1.23. The van der Waals surface area contributed by atoms with E-state index in [4.69, 9.17) is 20.1 Å². The van der Waals surface area contributed by atoms with Crippen LogP contribution in [0, 0.1) is 0 Å². The summed E-state index contributed by atoms with van der Waals surface area (Å²) in [5.74, 6) is -12.2. The molecule has 0 aliphatic rings. The molecule has 4 aromatic rings. The van der Waals surface area contributed by atoms with Gasteiger partial charge in [-0.15, -0.1) is 0 Å². The fourth-order valence-corrected chi connectivity index (χ4v) is 8.84.